The Morgan fingerprint density at radius 2 is 1.98 bits per heavy atom. The third kappa shape index (κ3) is 5.18. The molecule has 0 spiro atoms. The van der Waals surface area contributed by atoms with Gasteiger partial charge in [0.05, 0.1) is 35.3 Å². The molecule has 3 aliphatic rings. The number of carbonyl (C=O) groups excluding carboxylic acids is 1. The monoisotopic (exact) mass is 586 g/mol. The molecule has 11 heteroatoms. The Morgan fingerprint density at radius 1 is 1.21 bits per heavy atom. The Morgan fingerprint density at radius 3 is 2.65 bits per heavy atom. The van der Waals surface area contributed by atoms with Crippen LogP contribution in [0.4, 0.5) is 15.8 Å². The second-order valence-electron chi connectivity index (χ2n) is 12.2. The highest BCUT2D eigenvalue weighted by Gasteiger charge is 2.38. The lowest BCUT2D eigenvalue weighted by molar-refractivity contribution is -0.133. The van der Waals surface area contributed by atoms with E-state index in [1.807, 2.05) is 20.0 Å². The first-order valence-electron chi connectivity index (χ1n) is 15.1. The Kier molecular flexibility index (Phi) is 7.73. The zero-order valence-electron chi connectivity index (χ0n) is 25.4. The molecule has 1 amide bonds. The number of aryl methyl sites for hydroxylation is 1. The quantitative estimate of drug-likeness (QED) is 0.431. The molecule has 1 unspecified atom stereocenters. The number of nitriles is 1. The summed E-state index contributed by atoms with van der Waals surface area (Å²) in [5.41, 5.74) is 6.40. The topological polar surface area (TPSA) is 105 Å². The Labute approximate surface area is 251 Å². The molecule has 3 aliphatic heterocycles. The van der Waals surface area contributed by atoms with Gasteiger partial charge in [0.25, 0.3) is 5.91 Å². The van der Waals surface area contributed by atoms with Crippen molar-refractivity contribution >= 4 is 28.2 Å². The average molecular weight is 587 g/mol. The highest BCUT2D eigenvalue weighted by atomic mass is 19.1. The first-order chi connectivity index (χ1) is 20.7. The van der Waals surface area contributed by atoms with Crippen molar-refractivity contribution < 1.29 is 13.9 Å². The van der Waals surface area contributed by atoms with E-state index in [0.29, 0.717) is 44.1 Å². The van der Waals surface area contributed by atoms with Gasteiger partial charge in [0.1, 0.15) is 18.2 Å². The van der Waals surface area contributed by atoms with Crippen LogP contribution in [0.5, 0.6) is 5.88 Å². The van der Waals surface area contributed by atoms with Crippen LogP contribution in [-0.2, 0) is 17.8 Å². The molecule has 2 saturated heterocycles. The Hall–Kier alpha value is -4.17. The van der Waals surface area contributed by atoms with Gasteiger partial charge in [0.2, 0.25) is 5.88 Å². The lowest BCUT2D eigenvalue weighted by Crippen LogP contribution is -2.59. The third-order valence-electron chi connectivity index (χ3n) is 9.30. The number of likely N-dealkylation sites (N-methyl/N-ethyl adjacent to an activating group) is 1. The normalized spacial score (nSPS) is 22.5. The first-order valence-corrected chi connectivity index (χ1v) is 15.1. The van der Waals surface area contributed by atoms with E-state index in [2.05, 4.69) is 63.6 Å². The lowest BCUT2D eigenvalue weighted by Gasteiger charge is -2.46. The minimum Gasteiger partial charge on any atom is -0.475 e. The summed E-state index contributed by atoms with van der Waals surface area (Å²) in [7, 11) is 2.10. The van der Waals surface area contributed by atoms with E-state index in [-0.39, 0.29) is 18.1 Å². The predicted octanol–water partition coefficient (Wildman–Crippen LogP) is 4.08. The number of benzene rings is 1. The molecule has 5 heterocycles. The van der Waals surface area contributed by atoms with Gasteiger partial charge in [-0.1, -0.05) is 18.7 Å². The zero-order chi connectivity index (χ0) is 30.4. The van der Waals surface area contributed by atoms with Crippen molar-refractivity contribution in [2.75, 3.05) is 49.6 Å². The van der Waals surface area contributed by atoms with Crippen LogP contribution in [0.15, 0.2) is 30.7 Å². The summed E-state index contributed by atoms with van der Waals surface area (Å²) in [6.07, 6.45) is 4.69. The fourth-order valence-electron chi connectivity index (χ4n) is 7.20. The van der Waals surface area contributed by atoms with Gasteiger partial charge >= 0.3 is 0 Å². The lowest BCUT2D eigenvalue weighted by atomic mass is 9.96. The number of aromatic nitrogens is 3. The van der Waals surface area contributed by atoms with Crippen LogP contribution in [0.2, 0.25) is 0 Å². The zero-order valence-corrected chi connectivity index (χ0v) is 25.4. The molecule has 2 fully saturated rings. The minimum absolute atomic E-state index is 0.272. The smallest absolute Gasteiger partial charge is 0.282 e. The summed E-state index contributed by atoms with van der Waals surface area (Å²) < 4.78 is 20.3. The number of pyridine rings is 1. The molecule has 2 aromatic heterocycles. The molecular weight excluding hydrogens is 547 g/mol. The maximum atomic E-state index is 13.9. The van der Waals surface area contributed by atoms with E-state index in [4.69, 9.17) is 9.72 Å². The van der Waals surface area contributed by atoms with Crippen LogP contribution in [-0.4, -0.2) is 88.8 Å². The number of piperazine rings is 1. The largest absolute Gasteiger partial charge is 0.475 e. The number of likely N-dealkylation sites (tertiary alicyclic amines) is 1. The van der Waals surface area contributed by atoms with Gasteiger partial charge in [-0.05, 0) is 59.2 Å². The van der Waals surface area contributed by atoms with Crippen LogP contribution < -0.4 is 14.5 Å². The van der Waals surface area contributed by atoms with Crippen molar-refractivity contribution in [2.45, 2.75) is 64.7 Å². The van der Waals surface area contributed by atoms with Crippen LogP contribution in [0.3, 0.4) is 0 Å². The molecule has 1 N–H and O–H groups in total. The summed E-state index contributed by atoms with van der Waals surface area (Å²) in [4.78, 5) is 26.0. The van der Waals surface area contributed by atoms with Crippen molar-refractivity contribution in [3.63, 3.8) is 0 Å². The number of amides is 1. The summed E-state index contributed by atoms with van der Waals surface area (Å²) in [5.74, 6) is -1.28. The number of fused-ring (bicyclic) bond motifs is 2. The molecule has 0 saturated carbocycles. The van der Waals surface area contributed by atoms with Gasteiger partial charge in [-0.2, -0.15) is 10.4 Å². The molecular formula is C32H39FN8O2. The number of rotatable bonds is 6. The van der Waals surface area contributed by atoms with Gasteiger partial charge in [0.15, 0.2) is 5.83 Å². The highest BCUT2D eigenvalue weighted by Crippen LogP contribution is 2.40. The molecule has 0 bridgehead atoms. The highest BCUT2D eigenvalue weighted by molar-refractivity contribution is 5.93. The summed E-state index contributed by atoms with van der Waals surface area (Å²) in [6.45, 7) is 12.8. The van der Waals surface area contributed by atoms with E-state index in [9.17, 15) is 14.4 Å². The molecule has 3 aromatic rings. The van der Waals surface area contributed by atoms with E-state index in [1.54, 1.807) is 4.90 Å². The molecule has 10 nitrogen and oxygen atoms in total. The van der Waals surface area contributed by atoms with Crippen LogP contribution in [0.1, 0.15) is 49.1 Å². The van der Waals surface area contributed by atoms with E-state index >= 15 is 0 Å². The van der Waals surface area contributed by atoms with E-state index in [1.165, 1.54) is 0 Å². The Balaban J connectivity index is 1.40. The molecule has 0 aliphatic carbocycles. The second-order valence-corrected chi connectivity index (χ2v) is 12.2. The molecule has 43 heavy (non-hydrogen) atoms. The Bertz CT molecular complexity index is 1600. The number of nitrogens with zero attached hydrogens (tertiary/aromatic N) is 7. The van der Waals surface area contributed by atoms with Gasteiger partial charge in [-0.15, -0.1) is 0 Å². The fraction of sp³-hybridized carbons (Fsp3) is 0.500. The van der Waals surface area contributed by atoms with Crippen molar-refractivity contribution in [2.24, 2.45) is 0 Å². The number of anilines is 2. The maximum absolute atomic E-state index is 13.9. The van der Waals surface area contributed by atoms with E-state index < -0.39 is 11.7 Å². The molecule has 226 valence electrons. The van der Waals surface area contributed by atoms with Gasteiger partial charge in [0, 0.05) is 48.7 Å². The number of hydrogen-bond acceptors (Lipinski definition) is 8. The van der Waals surface area contributed by atoms with Crippen LogP contribution in [0, 0.1) is 18.3 Å². The molecule has 6 rings (SSSR count). The van der Waals surface area contributed by atoms with Crippen molar-refractivity contribution in [1.29, 1.82) is 5.26 Å². The number of carbonyl (C=O) groups is 1. The molecule has 3 atom stereocenters. The van der Waals surface area contributed by atoms with Gasteiger partial charge in [-0.25, -0.2) is 9.37 Å². The number of nitrogens with one attached hydrogen (secondary N) is 1. The van der Waals surface area contributed by atoms with Crippen LogP contribution in [0.25, 0.3) is 10.9 Å². The minimum atomic E-state index is -0.957. The van der Waals surface area contributed by atoms with Crippen molar-refractivity contribution in [3.8, 4) is 11.9 Å². The SMILES string of the molecule is C=C(F)C(=O)N1[C@H](C)CN(c2c(C#N)c(OCC3CCCN3C)nc3c2CCN(c2c(C)ccc4cn[nH]c24)C3)C[C@@H]1C. The summed E-state index contributed by atoms with van der Waals surface area (Å²) in [6, 6.07) is 6.32. The van der Waals surface area contributed by atoms with Crippen LogP contribution >= 0.6 is 0 Å². The number of hydrogen-bond donors (Lipinski definition) is 1. The maximum Gasteiger partial charge on any atom is 0.282 e. The number of aromatic amines is 1. The number of ether oxygens (including phenoxy) is 1. The van der Waals surface area contributed by atoms with Gasteiger partial charge in [-0.3, -0.25) is 9.89 Å². The number of halogens is 1. The third-order valence-corrected chi connectivity index (χ3v) is 9.30. The van der Waals surface area contributed by atoms with Gasteiger partial charge < -0.3 is 24.3 Å². The first kappa shape index (κ1) is 28.9. The average Bonchev–Trinajstić information content (AvgIpc) is 3.62. The molecule has 1 aromatic carbocycles. The molecule has 0 radical (unpaired) electrons. The fourth-order valence-corrected chi connectivity index (χ4v) is 7.20. The standard InChI is InChI=1S/C32H39FN8O2/c1-19-8-9-23-14-35-37-28(23)29(19)39-12-10-25-27(17-39)36-31(43-18-24-7-6-11-38(24)5)26(13-34)30(25)40-15-20(2)41(21(3)16-40)32(42)22(4)33/h8-9,14,20-21,24H,4,6-7,10-12,15-18H2,1-3,5H3,(H,35,37)/t20-,21+,24?. The summed E-state index contributed by atoms with van der Waals surface area (Å²) in [5, 5.41) is 19.0. The second kappa shape index (κ2) is 11.5. The predicted molar refractivity (Wildman–Crippen MR) is 164 cm³/mol. The van der Waals surface area contributed by atoms with E-state index in [0.717, 1.165) is 65.0 Å². The van der Waals surface area contributed by atoms with Crippen molar-refractivity contribution in [1.82, 2.24) is 25.0 Å². The van der Waals surface area contributed by atoms with Crippen molar-refractivity contribution in [3.05, 3.63) is 53.1 Å². The summed E-state index contributed by atoms with van der Waals surface area (Å²) >= 11 is 0. The number of H-pyrrole nitrogens is 1.